The minimum absolute atomic E-state index is 0.156. The van der Waals surface area contributed by atoms with Crippen LogP contribution in [-0.2, 0) is 19.6 Å². The molecule has 0 unspecified atom stereocenters. The van der Waals surface area contributed by atoms with Crippen LogP contribution in [0.4, 0.5) is 0 Å². The van der Waals surface area contributed by atoms with E-state index in [0.717, 1.165) is 6.42 Å². The van der Waals surface area contributed by atoms with Crippen molar-refractivity contribution in [1.29, 1.82) is 0 Å². The number of unbranched alkanes of at least 4 members (excludes halogenated alkanes) is 1. The van der Waals surface area contributed by atoms with Crippen molar-refractivity contribution in [2.45, 2.75) is 46.0 Å². The zero-order chi connectivity index (χ0) is 17.5. The fourth-order valence-corrected chi connectivity index (χ4v) is 4.47. The quantitative estimate of drug-likeness (QED) is 0.674. The molecule has 1 aliphatic rings. The van der Waals surface area contributed by atoms with E-state index in [9.17, 15) is 18.0 Å². The number of aliphatic carboxylic acids is 1. The van der Waals surface area contributed by atoms with Gasteiger partial charge in [-0.15, -0.1) is 0 Å². The lowest BCUT2D eigenvalue weighted by atomic mass is 9.96. The molecule has 0 aliphatic carbocycles. The summed E-state index contributed by atoms with van der Waals surface area (Å²) in [7, 11) is -3.23. The van der Waals surface area contributed by atoms with Crippen LogP contribution >= 0.6 is 0 Å². The molecule has 1 rings (SSSR count). The van der Waals surface area contributed by atoms with Crippen molar-refractivity contribution in [2.24, 2.45) is 5.92 Å². The van der Waals surface area contributed by atoms with Crippen LogP contribution in [0.5, 0.6) is 0 Å². The molecule has 1 amide bonds. The summed E-state index contributed by atoms with van der Waals surface area (Å²) in [6, 6.07) is 0. The molecule has 0 bridgehead atoms. The Morgan fingerprint density at radius 3 is 2.26 bits per heavy atom. The molecular weight excluding hydrogens is 320 g/mol. The normalized spacial score (nSPS) is 17.1. The van der Waals surface area contributed by atoms with Crippen LogP contribution < -0.4 is 0 Å². The molecule has 0 atom stereocenters. The zero-order valence-electron chi connectivity index (χ0n) is 14.0. The van der Waals surface area contributed by atoms with Gasteiger partial charge in [-0.25, -0.2) is 12.7 Å². The number of amides is 1. The van der Waals surface area contributed by atoms with E-state index in [1.807, 2.05) is 13.8 Å². The smallest absolute Gasteiger partial charge is 0.323 e. The first-order chi connectivity index (χ1) is 10.8. The molecule has 1 fully saturated rings. The highest BCUT2D eigenvalue weighted by Gasteiger charge is 2.33. The molecule has 1 saturated heterocycles. The Morgan fingerprint density at radius 1 is 1.17 bits per heavy atom. The summed E-state index contributed by atoms with van der Waals surface area (Å²) in [6.45, 7) is 4.66. The van der Waals surface area contributed by atoms with Crippen LogP contribution in [0.15, 0.2) is 0 Å². The molecule has 8 heteroatoms. The molecule has 0 spiro atoms. The molecule has 134 valence electrons. The van der Waals surface area contributed by atoms with Crippen LogP contribution in [0, 0.1) is 5.92 Å². The average molecular weight is 348 g/mol. The first-order valence-corrected chi connectivity index (χ1v) is 9.91. The number of carboxylic acid groups (broad SMARTS) is 1. The maximum atomic E-state index is 12.4. The van der Waals surface area contributed by atoms with Gasteiger partial charge in [-0.3, -0.25) is 9.59 Å². The summed E-state index contributed by atoms with van der Waals surface area (Å²) in [6.07, 6.45) is 3.09. The van der Waals surface area contributed by atoms with E-state index < -0.39 is 16.0 Å². The van der Waals surface area contributed by atoms with Gasteiger partial charge < -0.3 is 10.0 Å². The van der Waals surface area contributed by atoms with Gasteiger partial charge in [-0.1, -0.05) is 20.3 Å². The highest BCUT2D eigenvalue weighted by atomic mass is 32.2. The Morgan fingerprint density at radius 2 is 1.78 bits per heavy atom. The Balaban J connectivity index is 2.60. The minimum atomic E-state index is -3.23. The molecule has 1 aliphatic heterocycles. The first-order valence-electron chi connectivity index (χ1n) is 8.30. The molecule has 0 saturated carbocycles. The molecule has 0 aromatic rings. The summed E-state index contributed by atoms with van der Waals surface area (Å²) >= 11 is 0. The van der Waals surface area contributed by atoms with Crippen LogP contribution in [0.3, 0.4) is 0 Å². The third-order valence-electron chi connectivity index (χ3n) is 4.08. The van der Waals surface area contributed by atoms with Crippen molar-refractivity contribution in [3.8, 4) is 0 Å². The number of hydrogen-bond donors (Lipinski definition) is 1. The number of carboxylic acids is 1. The number of carbonyl (C=O) groups is 2. The summed E-state index contributed by atoms with van der Waals surface area (Å²) in [5.41, 5.74) is 0. The largest absolute Gasteiger partial charge is 0.480 e. The van der Waals surface area contributed by atoms with E-state index in [0.29, 0.717) is 45.3 Å². The van der Waals surface area contributed by atoms with Crippen molar-refractivity contribution < 1.29 is 23.1 Å². The van der Waals surface area contributed by atoms with Crippen LogP contribution in [0.25, 0.3) is 0 Å². The predicted molar refractivity (Wildman–Crippen MR) is 87.5 cm³/mol. The zero-order valence-corrected chi connectivity index (χ0v) is 14.8. The van der Waals surface area contributed by atoms with Crippen molar-refractivity contribution >= 4 is 21.9 Å². The lowest BCUT2D eigenvalue weighted by Gasteiger charge is -2.33. The topological polar surface area (TPSA) is 95.0 Å². The fraction of sp³-hybridized carbons (Fsp3) is 0.867. The number of nitrogens with zero attached hydrogens (tertiary/aromatic N) is 2. The van der Waals surface area contributed by atoms with E-state index in [1.54, 1.807) is 0 Å². The summed E-state index contributed by atoms with van der Waals surface area (Å²) in [5.74, 6) is -1.31. The van der Waals surface area contributed by atoms with Gasteiger partial charge >= 0.3 is 5.97 Å². The van der Waals surface area contributed by atoms with E-state index in [-0.39, 0.29) is 24.1 Å². The Hall–Kier alpha value is -1.15. The number of sulfonamides is 1. The van der Waals surface area contributed by atoms with E-state index in [2.05, 4.69) is 0 Å². The Bertz CT molecular complexity index is 498. The van der Waals surface area contributed by atoms with Crippen molar-refractivity contribution in [1.82, 2.24) is 9.21 Å². The maximum absolute atomic E-state index is 12.4. The number of carbonyl (C=O) groups excluding carboxylic acids is 1. The van der Waals surface area contributed by atoms with Gasteiger partial charge in [0.2, 0.25) is 15.9 Å². The third kappa shape index (κ3) is 6.10. The molecule has 0 aromatic heterocycles. The molecule has 7 nitrogen and oxygen atoms in total. The second-order valence-corrected chi connectivity index (χ2v) is 8.08. The van der Waals surface area contributed by atoms with Crippen molar-refractivity contribution in [3.63, 3.8) is 0 Å². The monoisotopic (exact) mass is 348 g/mol. The minimum Gasteiger partial charge on any atom is -0.480 e. The third-order valence-corrected chi connectivity index (χ3v) is 6.04. The fourth-order valence-electron chi connectivity index (χ4n) is 2.80. The Kier molecular flexibility index (Phi) is 7.98. The highest BCUT2D eigenvalue weighted by Crippen LogP contribution is 2.22. The first kappa shape index (κ1) is 19.9. The highest BCUT2D eigenvalue weighted by molar-refractivity contribution is 7.89. The van der Waals surface area contributed by atoms with E-state index in [4.69, 9.17) is 5.11 Å². The van der Waals surface area contributed by atoms with Gasteiger partial charge in [0.25, 0.3) is 0 Å². The molecule has 0 radical (unpaired) electrons. The van der Waals surface area contributed by atoms with Crippen LogP contribution in [0.1, 0.15) is 46.0 Å². The lowest BCUT2D eigenvalue weighted by molar-refractivity contribution is -0.146. The number of rotatable bonds is 9. The van der Waals surface area contributed by atoms with Gasteiger partial charge in [0.15, 0.2) is 0 Å². The van der Waals surface area contributed by atoms with Crippen molar-refractivity contribution in [3.05, 3.63) is 0 Å². The maximum Gasteiger partial charge on any atom is 0.323 e. The van der Waals surface area contributed by atoms with Gasteiger partial charge in [0.1, 0.15) is 6.54 Å². The summed E-state index contributed by atoms with van der Waals surface area (Å²) < 4.78 is 25.8. The summed E-state index contributed by atoms with van der Waals surface area (Å²) in [5, 5.41) is 8.91. The van der Waals surface area contributed by atoms with Gasteiger partial charge in [-0.05, 0) is 25.7 Å². The molecule has 1 heterocycles. The molecule has 0 aromatic carbocycles. The lowest BCUT2D eigenvalue weighted by Crippen LogP contribution is -2.46. The van der Waals surface area contributed by atoms with E-state index >= 15 is 0 Å². The molecule has 1 N–H and O–H groups in total. The van der Waals surface area contributed by atoms with Crippen LogP contribution in [-0.4, -0.2) is 66.5 Å². The molecule has 23 heavy (non-hydrogen) atoms. The second kappa shape index (κ2) is 9.22. The van der Waals surface area contributed by atoms with E-state index in [1.165, 1.54) is 9.21 Å². The SMILES string of the molecule is CCCCS(=O)(=O)N1CCC(C(=O)N(CCC)CC(=O)O)CC1. The Labute approximate surface area is 138 Å². The van der Waals surface area contributed by atoms with Gasteiger partial charge in [0.05, 0.1) is 5.75 Å². The second-order valence-electron chi connectivity index (χ2n) is 6.00. The van der Waals surface area contributed by atoms with Crippen molar-refractivity contribution in [2.75, 3.05) is 31.9 Å². The van der Waals surface area contributed by atoms with Crippen LogP contribution in [0.2, 0.25) is 0 Å². The average Bonchev–Trinajstić information content (AvgIpc) is 2.51. The summed E-state index contributed by atoms with van der Waals surface area (Å²) in [4.78, 5) is 24.7. The number of piperidine rings is 1. The standard InChI is InChI=1S/C15H28N2O5S/c1-3-5-11-23(21,22)17-9-6-13(7-10-17)15(20)16(8-4-2)12-14(18)19/h13H,3-12H2,1-2H3,(H,18,19). The van der Waals surface area contributed by atoms with Gasteiger partial charge in [-0.2, -0.15) is 0 Å². The predicted octanol–water partition coefficient (Wildman–Crippen LogP) is 1.15. The molecular formula is C15H28N2O5S. The number of hydrogen-bond acceptors (Lipinski definition) is 4. The van der Waals surface area contributed by atoms with Gasteiger partial charge in [0, 0.05) is 25.6 Å².